The summed E-state index contributed by atoms with van der Waals surface area (Å²) >= 11 is 0. The van der Waals surface area contributed by atoms with Crippen LogP contribution in [0, 0.1) is 5.82 Å². The van der Waals surface area contributed by atoms with Crippen molar-refractivity contribution < 1.29 is 18.7 Å². The summed E-state index contributed by atoms with van der Waals surface area (Å²) in [5.74, 6) is 1.36. The van der Waals surface area contributed by atoms with Gasteiger partial charge in [0.05, 0.1) is 13.2 Å². The number of hydrogen-bond acceptors (Lipinski definition) is 3. The van der Waals surface area contributed by atoms with Crippen molar-refractivity contribution in [3.05, 3.63) is 59.4 Å². The van der Waals surface area contributed by atoms with Crippen LogP contribution in [-0.4, -0.2) is 19.0 Å². The number of carbonyl (C=O) groups excluding carboxylic acids is 1. The third-order valence-electron chi connectivity index (χ3n) is 3.66. The van der Waals surface area contributed by atoms with Crippen LogP contribution >= 0.6 is 0 Å². The van der Waals surface area contributed by atoms with E-state index < -0.39 is 0 Å². The van der Waals surface area contributed by atoms with E-state index in [1.54, 1.807) is 12.1 Å². The third-order valence-corrected chi connectivity index (χ3v) is 3.66. The normalized spacial score (nSPS) is 13.0. The van der Waals surface area contributed by atoms with Crippen molar-refractivity contribution in [3.63, 3.8) is 0 Å². The number of rotatable bonds is 6. The molecule has 1 aliphatic rings. The van der Waals surface area contributed by atoms with Crippen molar-refractivity contribution in [2.75, 3.05) is 13.2 Å². The minimum atomic E-state index is -0.275. The molecule has 0 atom stereocenters. The first-order chi connectivity index (χ1) is 10.7. The number of benzene rings is 2. The molecule has 3 nitrogen and oxygen atoms in total. The fourth-order valence-electron chi connectivity index (χ4n) is 2.56. The van der Waals surface area contributed by atoms with Crippen molar-refractivity contribution in [1.29, 1.82) is 0 Å². The van der Waals surface area contributed by atoms with Gasteiger partial charge in [0, 0.05) is 24.0 Å². The summed E-state index contributed by atoms with van der Waals surface area (Å²) in [5.41, 5.74) is 1.81. The van der Waals surface area contributed by atoms with Gasteiger partial charge in [-0.3, -0.25) is 4.79 Å². The highest BCUT2D eigenvalue weighted by Gasteiger charge is 2.22. The Bertz CT molecular complexity index is 665. The Morgan fingerprint density at radius 3 is 2.55 bits per heavy atom. The van der Waals surface area contributed by atoms with Gasteiger partial charge in [0.25, 0.3) is 0 Å². The summed E-state index contributed by atoms with van der Waals surface area (Å²) in [6.07, 6.45) is 2.05. The van der Waals surface area contributed by atoms with Crippen molar-refractivity contribution >= 4 is 5.78 Å². The van der Waals surface area contributed by atoms with Crippen LogP contribution in [0.4, 0.5) is 4.39 Å². The fourth-order valence-corrected chi connectivity index (χ4v) is 2.56. The summed E-state index contributed by atoms with van der Waals surface area (Å²) < 4.78 is 24.0. The molecule has 0 bridgehead atoms. The number of Topliss-reactive ketones (excluding diaryl/α,β-unsaturated/α-hetero) is 1. The van der Waals surface area contributed by atoms with Gasteiger partial charge >= 0.3 is 0 Å². The van der Waals surface area contributed by atoms with Crippen molar-refractivity contribution in [3.8, 4) is 11.5 Å². The average Bonchev–Trinajstić information content (AvgIpc) is 2.91. The van der Waals surface area contributed by atoms with Gasteiger partial charge in [0.1, 0.15) is 17.3 Å². The van der Waals surface area contributed by atoms with Crippen LogP contribution in [0.5, 0.6) is 11.5 Å². The van der Waals surface area contributed by atoms with Gasteiger partial charge in [-0.05, 0) is 36.8 Å². The molecule has 0 amide bonds. The third kappa shape index (κ3) is 3.27. The van der Waals surface area contributed by atoms with Gasteiger partial charge in [0.15, 0.2) is 5.78 Å². The molecule has 0 fully saturated rings. The highest BCUT2D eigenvalue weighted by Crippen LogP contribution is 2.30. The molecule has 2 aromatic rings. The predicted molar refractivity (Wildman–Crippen MR) is 81.1 cm³/mol. The molecule has 1 aliphatic carbocycles. The lowest BCUT2D eigenvalue weighted by molar-refractivity contribution is 0.0994. The Hall–Kier alpha value is -2.36. The van der Waals surface area contributed by atoms with Gasteiger partial charge in [0.2, 0.25) is 0 Å². The van der Waals surface area contributed by atoms with Gasteiger partial charge in [-0.1, -0.05) is 12.1 Å². The largest absolute Gasteiger partial charge is 0.493 e. The number of ether oxygens (including phenoxy) is 2. The topological polar surface area (TPSA) is 35.5 Å². The smallest absolute Gasteiger partial charge is 0.163 e. The maximum atomic E-state index is 12.8. The summed E-state index contributed by atoms with van der Waals surface area (Å²) in [7, 11) is 0. The second-order valence-electron chi connectivity index (χ2n) is 5.21. The van der Waals surface area contributed by atoms with E-state index in [4.69, 9.17) is 9.47 Å². The van der Waals surface area contributed by atoms with E-state index in [-0.39, 0.29) is 11.6 Å². The molecular formula is C18H17FO3. The van der Waals surface area contributed by atoms with Gasteiger partial charge in [-0.25, -0.2) is 4.39 Å². The Morgan fingerprint density at radius 1 is 0.955 bits per heavy atom. The molecule has 0 saturated heterocycles. The van der Waals surface area contributed by atoms with Crippen LogP contribution in [0.1, 0.15) is 28.8 Å². The molecule has 0 heterocycles. The van der Waals surface area contributed by atoms with Gasteiger partial charge in [-0.15, -0.1) is 0 Å². The zero-order valence-electron chi connectivity index (χ0n) is 12.2. The molecule has 0 aromatic heterocycles. The second-order valence-corrected chi connectivity index (χ2v) is 5.21. The predicted octanol–water partition coefficient (Wildman–Crippen LogP) is 3.80. The van der Waals surface area contributed by atoms with Crippen LogP contribution in [0.15, 0.2) is 42.5 Å². The van der Waals surface area contributed by atoms with E-state index >= 15 is 0 Å². The molecule has 0 unspecified atom stereocenters. The van der Waals surface area contributed by atoms with Crippen molar-refractivity contribution in [1.82, 2.24) is 0 Å². The lowest BCUT2D eigenvalue weighted by Gasteiger charge is -2.11. The van der Waals surface area contributed by atoms with Crippen molar-refractivity contribution in [2.45, 2.75) is 19.3 Å². The lowest BCUT2D eigenvalue weighted by Crippen LogP contribution is -2.06. The lowest BCUT2D eigenvalue weighted by atomic mass is 10.1. The van der Waals surface area contributed by atoms with E-state index in [9.17, 15) is 9.18 Å². The molecular weight excluding hydrogens is 283 g/mol. The summed E-state index contributed by atoms with van der Waals surface area (Å²) in [5, 5.41) is 0. The molecule has 3 rings (SSSR count). The van der Waals surface area contributed by atoms with Crippen LogP contribution in [0.25, 0.3) is 0 Å². The van der Waals surface area contributed by atoms with E-state index in [1.165, 1.54) is 12.1 Å². The van der Waals surface area contributed by atoms with Crippen LogP contribution in [0.3, 0.4) is 0 Å². The summed E-state index contributed by atoms with van der Waals surface area (Å²) in [4.78, 5) is 11.7. The Kier molecular flexibility index (Phi) is 4.37. The maximum absolute atomic E-state index is 12.8. The highest BCUT2D eigenvalue weighted by molar-refractivity contribution is 6.01. The van der Waals surface area contributed by atoms with Crippen LogP contribution in [0.2, 0.25) is 0 Å². The number of fused-ring (bicyclic) bond motifs is 1. The fraction of sp³-hybridized carbons (Fsp3) is 0.278. The Labute approximate surface area is 128 Å². The molecule has 0 saturated carbocycles. The molecule has 4 heteroatoms. The van der Waals surface area contributed by atoms with Crippen LogP contribution in [-0.2, 0) is 6.42 Å². The Balaban J connectivity index is 1.46. The van der Waals surface area contributed by atoms with Crippen molar-refractivity contribution in [2.24, 2.45) is 0 Å². The van der Waals surface area contributed by atoms with E-state index in [0.717, 1.165) is 29.7 Å². The first-order valence-electron chi connectivity index (χ1n) is 7.40. The molecule has 0 spiro atoms. The molecule has 2 aromatic carbocycles. The number of hydrogen-bond donors (Lipinski definition) is 0. The first-order valence-corrected chi connectivity index (χ1v) is 7.40. The van der Waals surface area contributed by atoms with E-state index in [1.807, 2.05) is 18.2 Å². The number of ketones is 1. The molecule has 0 radical (unpaired) electrons. The average molecular weight is 300 g/mol. The maximum Gasteiger partial charge on any atom is 0.163 e. The van der Waals surface area contributed by atoms with E-state index in [2.05, 4.69) is 0 Å². The monoisotopic (exact) mass is 300 g/mol. The highest BCUT2D eigenvalue weighted by atomic mass is 19.1. The quantitative estimate of drug-likeness (QED) is 0.761. The number of carbonyl (C=O) groups is 1. The standard InChI is InChI=1S/C18H17FO3/c19-13-5-7-14(8-6-13)21-11-2-12-22-18-4-1-3-15-16(18)9-10-17(15)20/h1,3-8H,2,9-12H2. The zero-order chi connectivity index (χ0) is 15.4. The number of halogens is 1. The molecule has 0 aliphatic heterocycles. The minimum absolute atomic E-state index is 0.195. The summed E-state index contributed by atoms with van der Waals surface area (Å²) in [6, 6.07) is 11.6. The SMILES string of the molecule is O=C1CCc2c(OCCCOc3ccc(F)cc3)cccc21. The molecule has 114 valence electrons. The molecule has 0 N–H and O–H groups in total. The van der Waals surface area contributed by atoms with Crippen LogP contribution < -0.4 is 9.47 Å². The second kappa shape index (κ2) is 6.60. The summed E-state index contributed by atoms with van der Waals surface area (Å²) in [6.45, 7) is 1.02. The zero-order valence-corrected chi connectivity index (χ0v) is 12.2. The van der Waals surface area contributed by atoms with Gasteiger partial charge < -0.3 is 9.47 Å². The first kappa shape index (κ1) is 14.6. The van der Waals surface area contributed by atoms with E-state index in [0.29, 0.717) is 25.4 Å². The molecule has 22 heavy (non-hydrogen) atoms. The Morgan fingerprint density at radius 2 is 1.73 bits per heavy atom. The van der Waals surface area contributed by atoms with Gasteiger partial charge in [-0.2, -0.15) is 0 Å². The minimum Gasteiger partial charge on any atom is -0.493 e.